The summed E-state index contributed by atoms with van der Waals surface area (Å²) in [4.78, 5) is 10.9. The molecule has 2 rings (SSSR count). The highest BCUT2D eigenvalue weighted by Crippen LogP contribution is 2.73. The molecule has 1 saturated carbocycles. The summed E-state index contributed by atoms with van der Waals surface area (Å²) in [6.07, 6.45) is 0. The third-order valence-corrected chi connectivity index (χ3v) is 4.43. The second-order valence-electron chi connectivity index (χ2n) is 5.76. The Labute approximate surface area is 95.3 Å². The maximum absolute atomic E-state index is 10.9. The van der Waals surface area contributed by atoms with Gasteiger partial charge in [-0.15, -0.1) is 0 Å². The molecule has 0 unspecified atom stereocenters. The van der Waals surface area contributed by atoms with Crippen LogP contribution >= 0.6 is 0 Å². The standard InChI is InChI=1S/C12H18N2O2/c1-11(2)9(12(11,3)4)7-6-8(10(15)16)14(5)13-7/h6,9H,1-5H3,(H,15,16). The molecular formula is C12H18N2O2. The molecule has 0 radical (unpaired) electrons. The molecule has 1 aliphatic carbocycles. The number of rotatable bonds is 2. The van der Waals surface area contributed by atoms with E-state index in [1.807, 2.05) is 0 Å². The summed E-state index contributed by atoms with van der Waals surface area (Å²) in [5.74, 6) is -0.572. The smallest absolute Gasteiger partial charge is 0.354 e. The fraction of sp³-hybridized carbons (Fsp3) is 0.667. The van der Waals surface area contributed by atoms with Gasteiger partial charge in [0.05, 0.1) is 5.69 Å². The number of carboxylic acids is 1. The van der Waals surface area contributed by atoms with Crippen molar-refractivity contribution in [1.82, 2.24) is 9.78 Å². The second kappa shape index (κ2) is 2.87. The summed E-state index contributed by atoms with van der Waals surface area (Å²) in [6, 6.07) is 1.70. The Morgan fingerprint density at radius 2 is 1.88 bits per heavy atom. The van der Waals surface area contributed by atoms with E-state index in [0.29, 0.717) is 5.92 Å². The molecule has 1 heterocycles. The quantitative estimate of drug-likeness (QED) is 0.835. The molecule has 1 fully saturated rings. The summed E-state index contributed by atoms with van der Waals surface area (Å²) >= 11 is 0. The minimum Gasteiger partial charge on any atom is -0.477 e. The highest BCUT2D eigenvalue weighted by molar-refractivity contribution is 5.85. The molecule has 1 aliphatic rings. The average Bonchev–Trinajstić information content (AvgIpc) is 2.42. The average molecular weight is 222 g/mol. The largest absolute Gasteiger partial charge is 0.477 e. The van der Waals surface area contributed by atoms with E-state index >= 15 is 0 Å². The summed E-state index contributed by atoms with van der Waals surface area (Å²) in [5, 5.41) is 13.3. The van der Waals surface area contributed by atoms with Crippen LogP contribution in [-0.4, -0.2) is 20.9 Å². The van der Waals surface area contributed by atoms with E-state index in [-0.39, 0.29) is 16.5 Å². The van der Waals surface area contributed by atoms with Gasteiger partial charge in [0.25, 0.3) is 0 Å². The van der Waals surface area contributed by atoms with Crippen LogP contribution in [-0.2, 0) is 7.05 Å². The lowest BCUT2D eigenvalue weighted by molar-refractivity contribution is 0.0685. The van der Waals surface area contributed by atoms with E-state index in [1.54, 1.807) is 13.1 Å². The SMILES string of the molecule is Cn1nc(C2C(C)(C)C2(C)C)cc1C(=O)O. The predicted octanol–water partition coefficient (Wildman–Crippen LogP) is 2.27. The fourth-order valence-electron chi connectivity index (χ4n) is 2.77. The van der Waals surface area contributed by atoms with Crippen LogP contribution < -0.4 is 0 Å². The number of hydrogen-bond donors (Lipinski definition) is 1. The number of hydrogen-bond acceptors (Lipinski definition) is 2. The molecule has 0 aliphatic heterocycles. The highest BCUT2D eigenvalue weighted by Gasteiger charge is 2.66. The highest BCUT2D eigenvalue weighted by atomic mass is 16.4. The molecule has 0 bridgehead atoms. The van der Waals surface area contributed by atoms with Crippen LogP contribution in [0.2, 0.25) is 0 Å². The lowest BCUT2D eigenvalue weighted by Crippen LogP contribution is -2.04. The molecule has 0 atom stereocenters. The van der Waals surface area contributed by atoms with Gasteiger partial charge in [-0.2, -0.15) is 5.10 Å². The van der Waals surface area contributed by atoms with Crippen LogP contribution in [0.15, 0.2) is 6.07 Å². The van der Waals surface area contributed by atoms with Gasteiger partial charge in [-0.25, -0.2) is 4.79 Å². The van der Waals surface area contributed by atoms with Crippen molar-refractivity contribution >= 4 is 5.97 Å². The van der Waals surface area contributed by atoms with Crippen molar-refractivity contribution in [3.05, 3.63) is 17.5 Å². The van der Waals surface area contributed by atoms with E-state index < -0.39 is 5.97 Å². The molecule has 4 nitrogen and oxygen atoms in total. The first-order valence-electron chi connectivity index (χ1n) is 5.47. The van der Waals surface area contributed by atoms with Crippen LogP contribution in [0.4, 0.5) is 0 Å². The summed E-state index contributed by atoms with van der Waals surface area (Å²) in [5.41, 5.74) is 1.54. The molecule has 4 heteroatoms. The number of aryl methyl sites for hydroxylation is 1. The Morgan fingerprint density at radius 3 is 2.19 bits per heavy atom. The first-order valence-corrected chi connectivity index (χ1v) is 5.47. The van der Waals surface area contributed by atoms with Crippen molar-refractivity contribution < 1.29 is 9.90 Å². The Balaban J connectivity index is 2.39. The number of nitrogens with zero attached hydrogens (tertiary/aromatic N) is 2. The Bertz CT molecular complexity index is 444. The van der Waals surface area contributed by atoms with Crippen molar-refractivity contribution in [1.29, 1.82) is 0 Å². The zero-order valence-corrected chi connectivity index (χ0v) is 10.4. The molecule has 88 valence electrons. The second-order valence-corrected chi connectivity index (χ2v) is 5.76. The van der Waals surface area contributed by atoms with Crippen LogP contribution in [0.1, 0.15) is 49.8 Å². The number of carbonyl (C=O) groups is 1. The predicted molar refractivity (Wildman–Crippen MR) is 60.5 cm³/mol. The van der Waals surface area contributed by atoms with Gasteiger partial charge in [0.1, 0.15) is 5.69 Å². The van der Waals surface area contributed by atoms with E-state index in [0.717, 1.165) is 5.69 Å². The number of aromatic nitrogens is 2. The zero-order chi connectivity index (χ0) is 12.3. The van der Waals surface area contributed by atoms with Crippen LogP contribution in [0.25, 0.3) is 0 Å². The Morgan fingerprint density at radius 1 is 1.38 bits per heavy atom. The minimum absolute atomic E-state index is 0.192. The molecule has 0 spiro atoms. The number of aromatic carboxylic acids is 1. The van der Waals surface area contributed by atoms with E-state index in [2.05, 4.69) is 32.8 Å². The molecular weight excluding hydrogens is 204 g/mol. The maximum Gasteiger partial charge on any atom is 0.354 e. The van der Waals surface area contributed by atoms with Crippen molar-refractivity contribution in [3.8, 4) is 0 Å². The molecule has 1 aromatic heterocycles. The molecule has 0 aromatic carbocycles. The maximum atomic E-state index is 10.9. The fourth-order valence-corrected chi connectivity index (χ4v) is 2.77. The molecule has 0 saturated heterocycles. The topological polar surface area (TPSA) is 55.1 Å². The van der Waals surface area contributed by atoms with Crippen molar-refractivity contribution in [2.24, 2.45) is 17.9 Å². The Hall–Kier alpha value is -1.32. The van der Waals surface area contributed by atoms with Crippen LogP contribution in [0.5, 0.6) is 0 Å². The van der Waals surface area contributed by atoms with Crippen LogP contribution in [0.3, 0.4) is 0 Å². The van der Waals surface area contributed by atoms with E-state index in [9.17, 15) is 4.79 Å². The molecule has 16 heavy (non-hydrogen) atoms. The number of carboxylic acid groups (broad SMARTS) is 1. The molecule has 1 aromatic rings. The normalized spacial score (nSPS) is 22.1. The van der Waals surface area contributed by atoms with Gasteiger partial charge in [0.15, 0.2) is 0 Å². The van der Waals surface area contributed by atoms with Gasteiger partial charge in [0.2, 0.25) is 0 Å². The van der Waals surface area contributed by atoms with Gasteiger partial charge in [-0.05, 0) is 16.9 Å². The summed E-state index contributed by atoms with van der Waals surface area (Å²) < 4.78 is 1.45. The van der Waals surface area contributed by atoms with E-state index in [4.69, 9.17) is 5.11 Å². The monoisotopic (exact) mass is 222 g/mol. The van der Waals surface area contributed by atoms with Crippen molar-refractivity contribution in [2.45, 2.75) is 33.6 Å². The van der Waals surface area contributed by atoms with E-state index in [1.165, 1.54) is 4.68 Å². The minimum atomic E-state index is -0.919. The summed E-state index contributed by atoms with van der Waals surface area (Å²) in [7, 11) is 1.68. The lowest BCUT2D eigenvalue weighted by Gasteiger charge is -2.03. The van der Waals surface area contributed by atoms with Gasteiger partial charge in [-0.1, -0.05) is 27.7 Å². The first-order chi connectivity index (χ1) is 7.19. The van der Waals surface area contributed by atoms with Gasteiger partial charge in [-0.3, -0.25) is 4.68 Å². The Kier molecular flexibility index (Phi) is 2.00. The third-order valence-electron chi connectivity index (χ3n) is 4.43. The molecule has 0 amide bonds. The first kappa shape index (κ1) is 11.2. The summed E-state index contributed by atoms with van der Waals surface area (Å²) in [6.45, 7) is 8.80. The lowest BCUT2D eigenvalue weighted by atomic mass is 10.0. The van der Waals surface area contributed by atoms with Crippen molar-refractivity contribution in [3.63, 3.8) is 0 Å². The molecule has 1 N–H and O–H groups in total. The van der Waals surface area contributed by atoms with Gasteiger partial charge >= 0.3 is 5.97 Å². The van der Waals surface area contributed by atoms with Gasteiger partial charge in [0, 0.05) is 13.0 Å². The zero-order valence-electron chi connectivity index (χ0n) is 10.4. The van der Waals surface area contributed by atoms with Crippen molar-refractivity contribution in [2.75, 3.05) is 0 Å². The van der Waals surface area contributed by atoms with Gasteiger partial charge < -0.3 is 5.11 Å². The van der Waals surface area contributed by atoms with Crippen LogP contribution in [0, 0.1) is 10.8 Å². The third kappa shape index (κ3) is 1.22.